The highest BCUT2D eigenvalue weighted by Crippen LogP contribution is 2.53. The van der Waals surface area contributed by atoms with E-state index in [4.69, 9.17) is 16.3 Å². The molecule has 0 bridgehead atoms. The van der Waals surface area contributed by atoms with Crippen LogP contribution < -0.4 is 5.32 Å². The molecule has 0 aromatic carbocycles. The number of carbonyl (C=O) groups excluding carboxylic acids is 2. The van der Waals surface area contributed by atoms with Crippen LogP contribution in [0.5, 0.6) is 0 Å². The molecular formula is C15H20ClNO4. The minimum Gasteiger partial charge on any atom is -0.453 e. The van der Waals surface area contributed by atoms with Crippen molar-refractivity contribution in [3.63, 3.8) is 0 Å². The summed E-state index contributed by atoms with van der Waals surface area (Å²) in [6, 6.07) is 0. The van der Waals surface area contributed by atoms with Gasteiger partial charge in [0.25, 0.3) is 0 Å². The molecule has 3 rings (SSSR count). The number of esters is 1. The average Bonchev–Trinajstić information content (AvgIpc) is 2.65. The summed E-state index contributed by atoms with van der Waals surface area (Å²) in [6.07, 6.45) is 6.17. The molecule has 5 nitrogen and oxygen atoms in total. The molecule has 21 heavy (non-hydrogen) atoms. The number of amides is 1. The second kappa shape index (κ2) is 4.99. The normalized spacial score (nSPS) is 42.8. The van der Waals surface area contributed by atoms with E-state index in [2.05, 4.69) is 5.32 Å². The quantitative estimate of drug-likeness (QED) is 0.463. The molecule has 0 spiro atoms. The Labute approximate surface area is 128 Å². The van der Waals surface area contributed by atoms with E-state index in [0.29, 0.717) is 12.3 Å². The van der Waals surface area contributed by atoms with Gasteiger partial charge in [-0.3, -0.25) is 4.79 Å². The van der Waals surface area contributed by atoms with Crippen molar-refractivity contribution in [1.29, 1.82) is 0 Å². The highest BCUT2D eigenvalue weighted by atomic mass is 35.5. The Bertz CT molecular complexity index is 508. The van der Waals surface area contributed by atoms with Crippen molar-refractivity contribution in [3.8, 4) is 0 Å². The van der Waals surface area contributed by atoms with E-state index in [-0.39, 0.29) is 11.8 Å². The third-order valence-electron chi connectivity index (χ3n) is 5.25. The molecule has 3 unspecified atom stereocenters. The lowest BCUT2D eigenvalue weighted by Crippen LogP contribution is -2.80. The topological polar surface area (TPSA) is 75.6 Å². The monoisotopic (exact) mass is 313 g/mol. The van der Waals surface area contributed by atoms with Crippen LogP contribution in [0, 0.1) is 11.8 Å². The third-order valence-corrected chi connectivity index (χ3v) is 5.47. The molecule has 0 aromatic heterocycles. The SMILES string of the molecule is CC12OC(=O)C1([C@H](O)[C@H]1C=CCCC1)NC(=O)C2CCCl. The van der Waals surface area contributed by atoms with Gasteiger partial charge in [0.15, 0.2) is 5.60 Å². The lowest BCUT2D eigenvalue weighted by molar-refractivity contribution is -0.238. The number of hydrogen-bond acceptors (Lipinski definition) is 4. The van der Waals surface area contributed by atoms with Gasteiger partial charge in [0.05, 0.1) is 12.0 Å². The van der Waals surface area contributed by atoms with Gasteiger partial charge in [-0.05, 0) is 32.6 Å². The zero-order chi connectivity index (χ0) is 15.3. The number of hydrogen-bond donors (Lipinski definition) is 2. The zero-order valence-corrected chi connectivity index (χ0v) is 12.7. The maximum atomic E-state index is 12.2. The van der Waals surface area contributed by atoms with Crippen LogP contribution in [-0.2, 0) is 14.3 Å². The molecule has 2 fully saturated rings. The summed E-state index contributed by atoms with van der Waals surface area (Å²) in [5.41, 5.74) is -2.34. The van der Waals surface area contributed by atoms with Crippen LogP contribution in [-0.4, -0.2) is 40.1 Å². The Morgan fingerprint density at radius 2 is 2.33 bits per heavy atom. The Kier molecular flexibility index (Phi) is 3.53. The standard InChI is InChI=1S/C15H20ClNO4/c1-14-10(7-8-16)12(19)17-15(14,13(20)21-14)11(18)9-5-3-2-4-6-9/h3,5,9-11,18H,2,4,6-8H2,1H3,(H,17,19)/t9-,10?,11+,14?,15?/m0/s1. The van der Waals surface area contributed by atoms with Gasteiger partial charge in [-0.25, -0.2) is 4.79 Å². The number of ether oxygens (including phenoxy) is 1. The van der Waals surface area contributed by atoms with E-state index >= 15 is 0 Å². The van der Waals surface area contributed by atoms with Crippen LogP contribution in [0.3, 0.4) is 0 Å². The van der Waals surface area contributed by atoms with Gasteiger partial charge in [0, 0.05) is 11.8 Å². The molecule has 1 aliphatic carbocycles. The van der Waals surface area contributed by atoms with E-state index in [0.717, 1.165) is 19.3 Å². The highest BCUT2D eigenvalue weighted by Gasteiger charge is 2.79. The molecular weight excluding hydrogens is 294 g/mol. The Hall–Kier alpha value is -1.07. The summed E-state index contributed by atoms with van der Waals surface area (Å²) in [6.45, 7) is 1.72. The van der Waals surface area contributed by atoms with E-state index < -0.39 is 29.1 Å². The van der Waals surface area contributed by atoms with Crippen LogP contribution in [0.2, 0.25) is 0 Å². The number of carbonyl (C=O) groups is 2. The Morgan fingerprint density at radius 1 is 1.57 bits per heavy atom. The lowest BCUT2D eigenvalue weighted by atomic mass is 9.64. The first-order valence-electron chi connectivity index (χ1n) is 7.43. The second-order valence-corrected chi connectivity index (χ2v) is 6.67. The van der Waals surface area contributed by atoms with Crippen LogP contribution >= 0.6 is 11.6 Å². The predicted octanol–water partition coefficient (Wildman–Crippen LogP) is 1.13. The summed E-state index contributed by atoms with van der Waals surface area (Å²) in [5.74, 6) is -1.14. The van der Waals surface area contributed by atoms with Gasteiger partial charge in [0.2, 0.25) is 11.4 Å². The average molecular weight is 314 g/mol. The number of nitrogens with one attached hydrogen (secondary N) is 1. The van der Waals surface area contributed by atoms with Crippen molar-refractivity contribution in [3.05, 3.63) is 12.2 Å². The number of aliphatic hydroxyl groups is 1. The molecule has 2 N–H and O–H groups in total. The molecule has 0 saturated carbocycles. The first-order valence-corrected chi connectivity index (χ1v) is 7.97. The predicted molar refractivity (Wildman–Crippen MR) is 76.7 cm³/mol. The molecule has 3 aliphatic rings. The molecule has 116 valence electrons. The molecule has 6 heteroatoms. The van der Waals surface area contributed by atoms with Gasteiger partial charge >= 0.3 is 5.97 Å². The second-order valence-electron chi connectivity index (χ2n) is 6.29. The molecule has 2 heterocycles. The lowest BCUT2D eigenvalue weighted by Gasteiger charge is -2.54. The van der Waals surface area contributed by atoms with Gasteiger partial charge in [-0.2, -0.15) is 0 Å². The minimum absolute atomic E-state index is 0.138. The Morgan fingerprint density at radius 3 is 2.90 bits per heavy atom. The van der Waals surface area contributed by atoms with E-state index in [1.54, 1.807) is 6.92 Å². The number of halogens is 1. The maximum absolute atomic E-state index is 12.2. The smallest absolute Gasteiger partial charge is 0.339 e. The fourth-order valence-corrected chi connectivity index (χ4v) is 4.21. The fraction of sp³-hybridized carbons (Fsp3) is 0.733. The number of alkyl halides is 1. The molecule has 0 aromatic rings. The summed E-state index contributed by atoms with van der Waals surface area (Å²) >= 11 is 5.76. The number of allylic oxidation sites excluding steroid dienone is 1. The molecule has 1 amide bonds. The third kappa shape index (κ3) is 1.80. The van der Waals surface area contributed by atoms with Gasteiger partial charge in [-0.15, -0.1) is 11.6 Å². The van der Waals surface area contributed by atoms with Crippen molar-refractivity contribution in [2.24, 2.45) is 11.8 Å². The van der Waals surface area contributed by atoms with Gasteiger partial charge in [0.1, 0.15) is 0 Å². The Balaban J connectivity index is 1.94. The summed E-state index contributed by atoms with van der Waals surface area (Å²) in [4.78, 5) is 24.4. The van der Waals surface area contributed by atoms with Crippen LogP contribution in [0.1, 0.15) is 32.6 Å². The zero-order valence-electron chi connectivity index (χ0n) is 12.0. The van der Waals surface area contributed by atoms with E-state index in [1.165, 1.54) is 0 Å². The molecule has 2 aliphatic heterocycles. The van der Waals surface area contributed by atoms with Crippen molar-refractivity contribution in [2.45, 2.75) is 49.9 Å². The van der Waals surface area contributed by atoms with E-state index in [9.17, 15) is 14.7 Å². The number of rotatable bonds is 4. The molecule has 5 atom stereocenters. The van der Waals surface area contributed by atoms with Crippen LogP contribution in [0.15, 0.2) is 12.2 Å². The molecule has 0 radical (unpaired) electrons. The van der Waals surface area contributed by atoms with Crippen molar-refractivity contribution >= 4 is 23.5 Å². The van der Waals surface area contributed by atoms with E-state index in [1.807, 2.05) is 12.2 Å². The van der Waals surface area contributed by atoms with Gasteiger partial charge in [-0.1, -0.05) is 12.2 Å². The summed E-state index contributed by atoms with van der Waals surface area (Å²) in [7, 11) is 0. The van der Waals surface area contributed by atoms with Crippen molar-refractivity contribution < 1.29 is 19.4 Å². The number of aliphatic hydroxyl groups excluding tert-OH is 1. The van der Waals surface area contributed by atoms with Crippen molar-refractivity contribution in [2.75, 3.05) is 5.88 Å². The first kappa shape index (κ1) is 14.9. The summed E-state index contributed by atoms with van der Waals surface area (Å²) < 4.78 is 5.34. The fourth-order valence-electron chi connectivity index (χ4n) is 3.99. The minimum atomic E-state index is -1.33. The largest absolute Gasteiger partial charge is 0.453 e. The van der Waals surface area contributed by atoms with Crippen LogP contribution in [0.25, 0.3) is 0 Å². The highest BCUT2D eigenvalue weighted by molar-refractivity contribution is 6.18. The molecule has 2 saturated heterocycles. The van der Waals surface area contributed by atoms with Gasteiger partial charge < -0.3 is 15.2 Å². The number of fused-ring (bicyclic) bond motifs is 1. The van der Waals surface area contributed by atoms with Crippen molar-refractivity contribution in [1.82, 2.24) is 5.32 Å². The maximum Gasteiger partial charge on any atom is 0.339 e. The first-order chi connectivity index (χ1) is 9.97. The summed E-state index contributed by atoms with van der Waals surface area (Å²) in [5, 5.41) is 13.5. The van der Waals surface area contributed by atoms with Crippen LogP contribution in [0.4, 0.5) is 0 Å².